The maximum Gasteiger partial charge on any atom is 0.306 e. The molecular formula is C29H40INO6S. The first-order chi connectivity index (χ1) is 17.9. The molecule has 9 heteroatoms. The summed E-state index contributed by atoms with van der Waals surface area (Å²) in [6, 6.07) is 8.30. The summed E-state index contributed by atoms with van der Waals surface area (Å²) in [6.07, 6.45) is 5.23. The fourth-order valence-corrected chi connectivity index (χ4v) is 6.16. The molecule has 0 aliphatic carbocycles. The van der Waals surface area contributed by atoms with E-state index in [0.29, 0.717) is 25.7 Å². The summed E-state index contributed by atoms with van der Waals surface area (Å²) in [5, 5.41) is 9.12. The summed E-state index contributed by atoms with van der Waals surface area (Å²) < 4.78 is 1.03. The van der Waals surface area contributed by atoms with Crippen LogP contribution < -0.4 is 0 Å². The van der Waals surface area contributed by atoms with Crippen LogP contribution in [0.4, 0.5) is 0 Å². The van der Waals surface area contributed by atoms with Gasteiger partial charge >= 0.3 is 5.97 Å². The molecule has 7 nitrogen and oxygen atoms in total. The molecule has 1 fully saturated rings. The van der Waals surface area contributed by atoms with Crippen LogP contribution in [0.15, 0.2) is 24.3 Å². The number of hydrogen-bond acceptors (Lipinski definition) is 6. The molecule has 1 aromatic rings. The van der Waals surface area contributed by atoms with E-state index >= 15 is 0 Å². The van der Waals surface area contributed by atoms with Crippen molar-refractivity contribution in [1.82, 2.24) is 4.90 Å². The number of ketones is 2. The maximum atomic E-state index is 12.6. The molecule has 2 amide bonds. The van der Waals surface area contributed by atoms with Gasteiger partial charge in [-0.15, -0.1) is 11.8 Å². The first-order valence-corrected chi connectivity index (χ1v) is 15.3. The number of hydrogen-bond donors (Lipinski definition) is 1. The van der Waals surface area contributed by atoms with Crippen LogP contribution in [0, 0.1) is 9.49 Å². The Hall–Kier alpha value is -1.75. The van der Waals surface area contributed by atoms with E-state index in [9.17, 15) is 29.1 Å². The zero-order valence-corrected chi connectivity index (χ0v) is 25.6. The largest absolute Gasteiger partial charge is 0.481 e. The maximum absolute atomic E-state index is 12.6. The van der Waals surface area contributed by atoms with Gasteiger partial charge in [-0.3, -0.25) is 28.9 Å². The molecule has 1 aliphatic heterocycles. The molecule has 38 heavy (non-hydrogen) atoms. The van der Waals surface area contributed by atoms with Gasteiger partial charge < -0.3 is 5.11 Å². The number of carbonyl (C=O) groups excluding carboxylic acids is 4. The van der Waals surface area contributed by atoms with Crippen molar-refractivity contribution in [2.75, 3.05) is 6.54 Å². The van der Waals surface area contributed by atoms with Gasteiger partial charge in [-0.05, 0) is 66.0 Å². The number of halogens is 1. The number of aliphatic carboxylic acids is 1. The summed E-state index contributed by atoms with van der Waals surface area (Å²) in [5.41, 5.74) is 1.23. The molecular weight excluding hydrogens is 617 g/mol. The standard InChI is InChI=1S/C29H40INO6S/c1-29(2,3)38-25-19-26(34)31(27(25)35)17-16-24(33)18-21(28(36)37)9-5-4-6-10-23(32)11-7-8-20-12-14-22(30)15-13-20/h12-15,21,25H,4-11,16-19H2,1-3H3,(H,36,37). The minimum atomic E-state index is -1.01. The van der Waals surface area contributed by atoms with Crippen molar-refractivity contribution in [1.29, 1.82) is 0 Å². The number of aryl methyl sites for hydroxylation is 1. The van der Waals surface area contributed by atoms with Crippen molar-refractivity contribution in [2.45, 2.75) is 101 Å². The van der Waals surface area contributed by atoms with E-state index < -0.39 is 17.1 Å². The molecule has 210 valence electrons. The number of imide groups is 1. The van der Waals surface area contributed by atoms with Crippen LogP contribution in [0.3, 0.4) is 0 Å². The smallest absolute Gasteiger partial charge is 0.306 e. The van der Waals surface area contributed by atoms with Crippen molar-refractivity contribution >= 4 is 63.7 Å². The van der Waals surface area contributed by atoms with E-state index in [1.165, 1.54) is 20.9 Å². The van der Waals surface area contributed by atoms with Crippen LogP contribution in [0.25, 0.3) is 0 Å². The second-order valence-corrected chi connectivity index (χ2v) is 14.2. The number of Topliss-reactive ketones (excluding diaryl/α,β-unsaturated/α-hetero) is 2. The molecule has 2 rings (SSSR count). The molecule has 0 saturated carbocycles. The van der Waals surface area contributed by atoms with Crippen LogP contribution >= 0.6 is 34.4 Å². The second kappa shape index (κ2) is 15.7. The Balaban J connectivity index is 1.63. The van der Waals surface area contributed by atoms with Gasteiger partial charge in [0.05, 0.1) is 11.2 Å². The fraction of sp³-hybridized carbons (Fsp3) is 0.621. The van der Waals surface area contributed by atoms with Gasteiger partial charge in [0, 0.05) is 47.0 Å². The third kappa shape index (κ3) is 12.0. The SMILES string of the molecule is CC(C)(C)SC1CC(=O)N(CCC(=O)CC(CCCCCC(=O)CCCc2ccc(I)cc2)C(=O)O)C1=O. The summed E-state index contributed by atoms with van der Waals surface area (Å²) in [7, 11) is 0. The van der Waals surface area contributed by atoms with Gasteiger partial charge in [0.15, 0.2) is 0 Å². The second-order valence-electron chi connectivity index (χ2n) is 11.0. The lowest BCUT2D eigenvalue weighted by Crippen LogP contribution is -2.34. The molecule has 1 aromatic carbocycles. The van der Waals surface area contributed by atoms with Crippen LogP contribution in [0.2, 0.25) is 0 Å². The van der Waals surface area contributed by atoms with Crippen molar-refractivity contribution in [3.05, 3.63) is 33.4 Å². The van der Waals surface area contributed by atoms with Crippen molar-refractivity contribution in [3.63, 3.8) is 0 Å². The normalized spacial score (nSPS) is 16.6. The number of unbranched alkanes of at least 4 members (excludes halogenated alkanes) is 2. The number of thioether (sulfide) groups is 1. The van der Waals surface area contributed by atoms with Crippen LogP contribution in [-0.2, 0) is 30.4 Å². The van der Waals surface area contributed by atoms with E-state index in [2.05, 4.69) is 46.9 Å². The number of rotatable bonds is 17. The molecule has 0 bridgehead atoms. The molecule has 1 saturated heterocycles. The van der Waals surface area contributed by atoms with Crippen LogP contribution in [0.1, 0.15) is 90.5 Å². The Morgan fingerprint density at radius 1 is 1.00 bits per heavy atom. The topological polar surface area (TPSA) is 109 Å². The molecule has 1 heterocycles. The molecule has 2 unspecified atom stereocenters. The van der Waals surface area contributed by atoms with E-state index in [4.69, 9.17) is 0 Å². The third-order valence-corrected chi connectivity index (χ3v) is 8.56. The summed E-state index contributed by atoms with van der Waals surface area (Å²) >= 11 is 3.72. The molecule has 1 aliphatic rings. The van der Waals surface area contributed by atoms with E-state index in [-0.39, 0.29) is 53.9 Å². The van der Waals surface area contributed by atoms with E-state index in [0.717, 1.165) is 30.6 Å². The highest BCUT2D eigenvalue weighted by atomic mass is 127. The minimum absolute atomic E-state index is 0.00965. The van der Waals surface area contributed by atoms with Gasteiger partial charge in [0.2, 0.25) is 11.8 Å². The lowest BCUT2D eigenvalue weighted by molar-refractivity contribution is -0.144. The predicted molar refractivity (Wildman–Crippen MR) is 158 cm³/mol. The number of likely N-dealkylation sites (tertiary alicyclic amines) is 1. The van der Waals surface area contributed by atoms with Crippen molar-refractivity contribution in [2.24, 2.45) is 5.92 Å². The van der Waals surface area contributed by atoms with E-state index in [1.807, 2.05) is 20.8 Å². The summed E-state index contributed by atoms with van der Waals surface area (Å²) in [6.45, 7) is 5.97. The van der Waals surface area contributed by atoms with Gasteiger partial charge in [-0.2, -0.15) is 0 Å². The lowest BCUT2D eigenvalue weighted by atomic mass is 9.94. The zero-order valence-electron chi connectivity index (χ0n) is 22.7. The lowest BCUT2D eigenvalue weighted by Gasteiger charge is -2.21. The van der Waals surface area contributed by atoms with Crippen molar-refractivity contribution < 1.29 is 29.1 Å². The molecule has 0 radical (unpaired) electrons. The Labute approximate surface area is 244 Å². The third-order valence-electron chi connectivity index (χ3n) is 6.48. The Morgan fingerprint density at radius 3 is 2.29 bits per heavy atom. The monoisotopic (exact) mass is 657 g/mol. The quantitative estimate of drug-likeness (QED) is 0.127. The first kappa shape index (κ1) is 32.5. The zero-order chi connectivity index (χ0) is 28.3. The summed E-state index contributed by atoms with van der Waals surface area (Å²) in [5.74, 6) is -2.37. The van der Waals surface area contributed by atoms with Gasteiger partial charge in [-0.1, -0.05) is 45.7 Å². The highest BCUT2D eigenvalue weighted by Gasteiger charge is 2.40. The Kier molecular flexibility index (Phi) is 13.4. The predicted octanol–water partition coefficient (Wildman–Crippen LogP) is 5.84. The number of carbonyl (C=O) groups is 5. The number of benzene rings is 1. The van der Waals surface area contributed by atoms with E-state index in [1.54, 1.807) is 0 Å². The average Bonchev–Trinajstić information content (AvgIpc) is 3.08. The molecule has 0 aromatic heterocycles. The van der Waals surface area contributed by atoms with Gasteiger partial charge in [-0.25, -0.2) is 0 Å². The molecule has 2 atom stereocenters. The van der Waals surface area contributed by atoms with Crippen molar-refractivity contribution in [3.8, 4) is 0 Å². The Bertz CT molecular complexity index is 988. The highest BCUT2D eigenvalue weighted by Crippen LogP contribution is 2.34. The van der Waals surface area contributed by atoms with Crippen LogP contribution in [0.5, 0.6) is 0 Å². The van der Waals surface area contributed by atoms with Gasteiger partial charge in [0.25, 0.3) is 0 Å². The number of amides is 2. The molecule has 0 spiro atoms. The average molecular weight is 658 g/mol. The number of nitrogens with zero attached hydrogens (tertiary/aromatic N) is 1. The molecule has 1 N–H and O–H groups in total. The van der Waals surface area contributed by atoms with Crippen LogP contribution in [-0.4, -0.2) is 55.9 Å². The first-order valence-electron chi connectivity index (χ1n) is 13.4. The van der Waals surface area contributed by atoms with Gasteiger partial charge in [0.1, 0.15) is 11.6 Å². The number of carboxylic acids is 1. The number of carboxylic acid groups (broad SMARTS) is 1. The summed E-state index contributed by atoms with van der Waals surface area (Å²) in [4.78, 5) is 62.3. The highest BCUT2D eigenvalue weighted by molar-refractivity contribution is 14.1. The minimum Gasteiger partial charge on any atom is -0.481 e. The fourth-order valence-electron chi connectivity index (χ4n) is 4.49. The Morgan fingerprint density at radius 2 is 1.66 bits per heavy atom.